The van der Waals surface area contributed by atoms with Gasteiger partial charge in [0.15, 0.2) is 0 Å². The number of piperidine rings is 1. The zero-order chi connectivity index (χ0) is 15.4. The molecule has 2 aliphatic rings. The highest BCUT2D eigenvalue weighted by molar-refractivity contribution is 5.97. The van der Waals surface area contributed by atoms with Gasteiger partial charge in [-0.2, -0.15) is 0 Å². The SMILES string of the molecule is O=C1NCCc2c(OCC(O)CN3CCCCC3)cccc21. The van der Waals surface area contributed by atoms with Crippen LogP contribution in [0.4, 0.5) is 0 Å². The van der Waals surface area contributed by atoms with Crippen molar-refractivity contribution in [1.82, 2.24) is 10.2 Å². The number of aliphatic hydroxyl groups is 1. The van der Waals surface area contributed by atoms with Gasteiger partial charge in [-0.1, -0.05) is 12.5 Å². The fraction of sp³-hybridized carbons (Fsp3) is 0.588. The van der Waals surface area contributed by atoms with Crippen LogP contribution in [0.5, 0.6) is 5.75 Å². The fourth-order valence-corrected chi connectivity index (χ4v) is 3.25. The number of fused-ring (bicyclic) bond motifs is 1. The number of aliphatic hydroxyl groups excluding tert-OH is 1. The van der Waals surface area contributed by atoms with Gasteiger partial charge in [0.05, 0.1) is 0 Å². The molecule has 2 N–H and O–H groups in total. The van der Waals surface area contributed by atoms with Crippen LogP contribution in [-0.2, 0) is 6.42 Å². The Morgan fingerprint density at radius 3 is 2.91 bits per heavy atom. The van der Waals surface area contributed by atoms with E-state index in [0.717, 1.165) is 30.8 Å². The number of benzene rings is 1. The molecule has 0 bridgehead atoms. The van der Waals surface area contributed by atoms with Crippen molar-refractivity contribution in [3.05, 3.63) is 29.3 Å². The molecule has 2 heterocycles. The van der Waals surface area contributed by atoms with Gasteiger partial charge in [-0.05, 0) is 44.5 Å². The molecule has 1 saturated heterocycles. The van der Waals surface area contributed by atoms with E-state index in [1.165, 1.54) is 19.3 Å². The maximum Gasteiger partial charge on any atom is 0.251 e. The molecular formula is C17H24N2O3. The number of nitrogens with zero attached hydrogens (tertiary/aromatic N) is 1. The second-order valence-corrected chi connectivity index (χ2v) is 6.11. The molecule has 1 aromatic rings. The number of amides is 1. The van der Waals surface area contributed by atoms with Crippen LogP contribution < -0.4 is 10.1 Å². The van der Waals surface area contributed by atoms with Gasteiger partial charge in [0.1, 0.15) is 18.5 Å². The van der Waals surface area contributed by atoms with Gasteiger partial charge >= 0.3 is 0 Å². The van der Waals surface area contributed by atoms with E-state index in [1.807, 2.05) is 18.2 Å². The van der Waals surface area contributed by atoms with E-state index in [2.05, 4.69) is 10.2 Å². The normalized spacial score (nSPS) is 20.1. The summed E-state index contributed by atoms with van der Waals surface area (Å²) in [6.07, 6.45) is 4.01. The molecular weight excluding hydrogens is 280 g/mol. The van der Waals surface area contributed by atoms with Crippen LogP contribution in [0.2, 0.25) is 0 Å². The number of rotatable bonds is 5. The van der Waals surface area contributed by atoms with Crippen molar-refractivity contribution in [3.63, 3.8) is 0 Å². The van der Waals surface area contributed by atoms with Crippen LogP contribution in [-0.4, -0.2) is 54.8 Å². The van der Waals surface area contributed by atoms with Gasteiger partial charge in [0.2, 0.25) is 0 Å². The minimum absolute atomic E-state index is 0.0411. The smallest absolute Gasteiger partial charge is 0.251 e. The molecule has 0 aliphatic carbocycles. The summed E-state index contributed by atoms with van der Waals surface area (Å²) in [6.45, 7) is 3.71. The first-order chi connectivity index (χ1) is 10.7. The first kappa shape index (κ1) is 15.3. The summed E-state index contributed by atoms with van der Waals surface area (Å²) in [5.41, 5.74) is 1.64. The Kier molecular flexibility index (Phi) is 4.95. The summed E-state index contributed by atoms with van der Waals surface area (Å²) in [4.78, 5) is 14.1. The van der Waals surface area contributed by atoms with E-state index < -0.39 is 6.10 Å². The lowest BCUT2D eigenvalue weighted by Gasteiger charge is -2.28. The first-order valence-corrected chi connectivity index (χ1v) is 8.17. The Balaban J connectivity index is 1.57. The van der Waals surface area contributed by atoms with Crippen LogP contribution in [0.15, 0.2) is 18.2 Å². The highest BCUT2D eigenvalue weighted by Gasteiger charge is 2.21. The number of ether oxygens (including phenoxy) is 1. The third-order valence-electron chi connectivity index (χ3n) is 4.39. The van der Waals surface area contributed by atoms with Crippen LogP contribution in [0.25, 0.3) is 0 Å². The number of likely N-dealkylation sites (tertiary alicyclic amines) is 1. The van der Waals surface area contributed by atoms with Crippen LogP contribution in [0.1, 0.15) is 35.2 Å². The molecule has 1 fully saturated rings. The van der Waals surface area contributed by atoms with Crippen LogP contribution >= 0.6 is 0 Å². The lowest BCUT2D eigenvalue weighted by Crippen LogP contribution is -2.38. The van der Waals surface area contributed by atoms with Crippen LogP contribution in [0, 0.1) is 0 Å². The van der Waals surface area contributed by atoms with E-state index in [4.69, 9.17) is 4.74 Å². The second kappa shape index (κ2) is 7.11. The van der Waals surface area contributed by atoms with Gasteiger partial charge in [-0.3, -0.25) is 4.79 Å². The Morgan fingerprint density at radius 1 is 1.27 bits per heavy atom. The maximum absolute atomic E-state index is 11.8. The van der Waals surface area contributed by atoms with Gasteiger partial charge in [-0.15, -0.1) is 0 Å². The summed E-state index contributed by atoms with van der Waals surface area (Å²) in [5.74, 6) is 0.686. The van der Waals surface area contributed by atoms with Gasteiger partial charge in [0, 0.05) is 24.2 Å². The molecule has 1 unspecified atom stereocenters. The molecule has 0 radical (unpaired) electrons. The molecule has 22 heavy (non-hydrogen) atoms. The topological polar surface area (TPSA) is 61.8 Å². The third-order valence-corrected chi connectivity index (χ3v) is 4.39. The highest BCUT2D eigenvalue weighted by Crippen LogP contribution is 2.25. The van der Waals surface area contributed by atoms with Crippen molar-refractivity contribution in [2.24, 2.45) is 0 Å². The molecule has 5 nitrogen and oxygen atoms in total. The summed E-state index contributed by atoms with van der Waals surface area (Å²) in [7, 11) is 0. The standard InChI is InChI=1S/C17H24N2O3/c20-13(11-19-9-2-1-3-10-19)12-22-16-6-4-5-15-14(16)7-8-18-17(15)21/h4-6,13,20H,1-3,7-12H2,(H,18,21). The Morgan fingerprint density at radius 2 is 2.09 bits per heavy atom. The number of nitrogens with one attached hydrogen (secondary N) is 1. The fourth-order valence-electron chi connectivity index (χ4n) is 3.25. The zero-order valence-corrected chi connectivity index (χ0v) is 12.9. The Hall–Kier alpha value is -1.59. The average molecular weight is 304 g/mol. The monoisotopic (exact) mass is 304 g/mol. The maximum atomic E-state index is 11.8. The minimum atomic E-state index is -0.494. The lowest BCUT2D eigenvalue weighted by atomic mass is 9.99. The molecule has 120 valence electrons. The van der Waals surface area contributed by atoms with E-state index in [1.54, 1.807) is 0 Å². The molecule has 0 saturated carbocycles. The van der Waals surface area contributed by atoms with E-state index in [-0.39, 0.29) is 12.5 Å². The average Bonchev–Trinajstić information content (AvgIpc) is 2.54. The molecule has 1 aromatic carbocycles. The number of hydrogen-bond donors (Lipinski definition) is 2. The van der Waals surface area contributed by atoms with Crippen molar-refractivity contribution in [3.8, 4) is 5.75 Å². The van der Waals surface area contributed by atoms with E-state index in [0.29, 0.717) is 18.7 Å². The van der Waals surface area contributed by atoms with Crippen molar-refractivity contribution < 1.29 is 14.6 Å². The molecule has 1 amide bonds. The van der Waals surface area contributed by atoms with Crippen molar-refractivity contribution in [1.29, 1.82) is 0 Å². The number of hydrogen-bond acceptors (Lipinski definition) is 4. The number of β-amino-alcohol motifs (C(OH)–C–C–N with tert-alkyl or cyclic N) is 1. The quantitative estimate of drug-likeness (QED) is 0.858. The van der Waals surface area contributed by atoms with E-state index >= 15 is 0 Å². The molecule has 1 atom stereocenters. The van der Waals surface area contributed by atoms with Crippen LogP contribution in [0.3, 0.4) is 0 Å². The first-order valence-electron chi connectivity index (χ1n) is 8.17. The predicted octanol–water partition coefficient (Wildman–Crippen LogP) is 1.20. The van der Waals surface area contributed by atoms with Crippen molar-refractivity contribution >= 4 is 5.91 Å². The predicted molar refractivity (Wildman–Crippen MR) is 84.3 cm³/mol. The number of carbonyl (C=O) groups is 1. The minimum Gasteiger partial charge on any atom is -0.491 e. The lowest BCUT2D eigenvalue weighted by molar-refractivity contribution is 0.0613. The Bertz CT molecular complexity index is 527. The summed E-state index contributed by atoms with van der Waals surface area (Å²) in [6, 6.07) is 5.53. The van der Waals surface area contributed by atoms with Crippen molar-refractivity contribution in [2.45, 2.75) is 31.8 Å². The van der Waals surface area contributed by atoms with Gasteiger partial charge in [0.25, 0.3) is 5.91 Å². The Labute approximate surface area is 131 Å². The molecule has 0 spiro atoms. The molecule has 3 rings (SSSR count). The van der Waals surface area contributed by atoms with Gasteiger partial charge in [-0.25, -0.2) is 0 Å². The molecule has 2 aliphatic heterocycles. The summed E-state index contributed by atoms with van der Waals surface area (Å²) >= 11 is 0. The largest absolute Gasteiger partial charge is 0.491 e. The molecule has 0 aromatic heterocycles. The number of carbonyl (C=O) groups excluding carboxylic acids is 1. The summed E-state index contributed by atoms with van der Waals surface area (Å²) in [5, 5.41) is 13.0. The summed E-state index contributed by atoms with van der Waals surface area (Å²) < 4.78 is 5.80. The molecule has 5 heteroatoms. The van der Waals surface area contributed by atoms with E-state index in [9.17, 15) is 9.90 Å². The van der Waals surface area contributed by atoms with Gasteiger partial charge < -0.3 is 20.1 Å². The third kappa shape index (κ3) is 3.59. The van der Waals surface area contributed by atoms with Crippen molar-refractivity contribution in [2.75, 3.05) is 32.8 Å². The zero-order valence-electron chi connectivity index (χ0n) is 12.9. The second-order valence-electron chi connectivity index (χ2n) is 6.11. The highest BCUT2D eigenvalue weighted by atomic mass is 16.5.